The summed E-state index contributed by atoms with van der Waals surface area (Å²) >= 11 is 0. The molecule has 0 spiro atoms. The smallest absolute Gasteiger partial charge is 0.240 e. The van der Waals surface area contributed by atoms with Crippen molar-refractivity contribution in [2.45, 2.75) is 66.0 Å². The number of nitrogens with two attached hydrogens (primary N) is 2. The normalized spacial score (nSPS) is 15.2. The third-order valence-corrected chi connectivity index (χ3v) is 6.07. The Morgan fingerprint density at radius 2 is 1.76 bits per heavy atom. The molecule has 0 unspecified atom stereocenters. The van der Waals surface area contributed by atoms with Crippen LogP contribution in [0.3, 0.4) is 0 Å². The fourth-order valence-electron chi connectivity index (χ4n) is 4.52. The second-order valence-electron chi connectivity index (χ2n) is 8.97. The summed E-state index contributed by atoms with van der Waals surface area (Å²) in [6.45, 7) is 9.26. The number of pyridine rings is 1. The van der Waals surface area contributed by atoms with Crippen molar-refractivity contribution >= 4 is 36.6 Å². The van der Waals surface area contributed by atoms with Crippen LogP contribution in [0.15, 0.2) is 24.3 Å². The van der Waals surface area contributed by atoms with Crippen molar-refractivity contribution < 1.29 is 9.59 Å². The van der Waals surface area contributed by atoms with Gasteiger partial charge in [-0.3, -0.25) is 14.6 Å². The highest BCUT2D eigenvalue weighted by atomic mass is 35.5. The minimum Gasteiger partial charge on any atom is -0.368 e. The predicted molar refractivity (Wildman–Crippen MR) is 138 cm³/mol. The summed E-state index contributed by atoms with van der Waals surface area (Å²) < 4.78 is 0. The van der Waals surface area contributed by atoms with Crippen molar-refractivity contribution in [1.29, 1.82) is 0 Å². The lowest BCUT2D eigenvalue weighted by Crippen LogP contribution is -2.44. The zero-order chi connectivity index (χ0) is 22.7. The van der Waals surface area contributed by atoms with E-state index in [9.17, 15) is 9.59 Å². The van der Waals surface area contributed by atoms with E-state index in [0.717, 1.165) is 46.5 Å². The monoisotopic (exact) mass is 494 g/mol. The molecule has 1 saturated heterocycles. The largest absolute Gasteiger partial charge is 0.368 e. The van der Waals surface area contributed by atoms with Gasteiger partial charge in [-0.05, 0) is 61.3 Å². The SMILES string of the molecule is Cc1ccc(-c2c(CC(=O)N3CCC[C@H]3C(N)=O)c(C)nc(CC(C)C)c2CN)cc1.Cl.Cl. The van der Waals surface area contributed by atoms with Gasteiger partial charge in [-0.2, -0.15) is 0 Å². The van der Waals surface area contributed by atoms with Gasteiger partial charge in [0, 0.05) is 24.5 Å². The number of aryl methyl sites for hydroxylation is 2. The average Bonchev–Trinajstić information content (AvgIpc) is 3.20. The molecule has 0 radical (unpaired) electrons. The summed E-state index contributed by atoms with van der Waals surface area (Å²) in [6.07, 6.45) is 2.43. The van der Waals surface area contributed by atoms with E-state index < -0.39 is 11.9 Å². The Bertz CT molecular complexity index is 977. The lowest BCUT2D eigenvalue weighted by atomic mass is 9.88. The molecule has 1 aliphatic rings. The molecule has 3 rings (SSSR count). The maximum atomic E-state index is 13.2. The number of hydrogen-bond acceptors (Lipinski definition) is 4. The topological polar surface area (TPSA) is 102 Å². The highest BCUT2D eigenvalue weighted by Crippen LogP contribution is 2.33. The molecule has 2 amide bonds. The third-order valence-electron chi connectivity index (χ3n) is 6.07. The highest BCUT2D eigenvalue weighted by molar-refractivity contribution is 5.89. The van der Waals surface area contributed by atoms with E-state index in [0.29, 0.717) is 25.4 Å². The van der Waals surface area contributed by atoms with Gasteiger partial charge >= 0.3 is 0 Å². The summed E-state index contributed by atoms with van der Waals surface area (Å²) in [5.41, 5.74) is 18.7. The van der Waals surface area contributed by atoms with Crippen LogP contribution in [0, 0.1) is 19.8 Å². The number of halogens is 2. The Morgan fingerprint density at radius 3 is 2.30 bits per heavy atom. The van der Waals surface area contributed by atoms with Gasteiger partial charge in [0.15, 0.2) is 0 Å². The zero-order valence-electron chi connectivity index (χ0n) is 19.9. The second-order valence-corrected chi connectivity index (χ2v) is 8.97. The summed E-state index contributed by atoms with van der Waals surface area (Å²) in [5.74, 6) is -0.0787. The number of likely N-dealkylation sites (tertiary alicyclic amines) is 1. The van der Waals surface area contributed by atoms with Crippen molar-refractivity contribution in [1.82, 2.24) is 9.88 Å². The fraction of sp³-hybridized carbons (Fsp3) is 0.480. The van der Waals surface area contributed by atoms with Crippen molar-refractivity contribution in [2.24, 2.45) is 17.4 Å². The average molecular weight is 495 g/mol. The first-order chi connectivity index (χ1) is 14.7. The Hall–Kier alpha value is -2.15. The van der Waals surface area contributed by atoms with Crippen molar-refractivity contribution in [3.8, 4) is 11.1 Å². The molecule has 1 aliphatic heterocycles. The van der Waals surface area contributed by atoms with E-state index in [1.807, 2.05) is 6.92 Å². The summed E-state index contributed by atoms with van der Waals surface area (Å²) in [5, 5.41) is 0. The van der Waals surface area contributed by atoms with Gasteiger partial charge in [-0.15, -0.1) is 24.8 Å². The minimum absolute atomic E-state index is 0. The molecule has 1 fully saturated rings. The van der Waals surface area contributed by atoms with Crippen LogP contribution in [0.5, 0.6) is 0 Å². The van der Waals surface area contributed by atoms with Crippen LogP contribution in [0.25, 0.3) is 11.1 Å². The molecule has 6 nitrogen and oxygen atoms in total. The molecule has 0 bridgehead atoms. The molecular formula is C25H36Cl2N4O2. The molecule has 4 N–H and O–H groups in total. The second kappa shape index (κ2) is 12.4. The first-order valence-electron chi connectivity index (χ1n) is 11.1. The van der Waals surface area contributed by atoms with Crippen LogP contribution < -0.4 is 11.5 Å². The first kappa shape index (κ1) is 28.9. The van der Waals surface area contributed by atoms with Gasteiger partial charge in [0.05, 0.1) is 6.42 Å². The Kier molecular flexibility index (Phi) is 10.8. The van der Waals surface area contributed by atoms with E-state index in [1.54, 1.807) is 4.90 Å². The van der Waals surface area contributed by atoms with Gasteiger partial charge in [0.25, 0.3) is 0 Å². The van der Waals surface area contributed by atoms with Crippen LogP contribution in [0.4, 0.5) is 0 Å². The van der Waals surface area contributed by atoms with E-state index in [-0.39, 0.29) is 37.1 Å². The van der Waals surface area contributed by atoms with Gasteiger partial charge in [0.1, 0.15) is 6.04 Å². The van der Waals surface area contributed by atoms with Crippen LogP contribution >= 0.6 is 24.8 Å². The molecule has 1 atom stereocenters. The minimum atomic E-state index is -0.516. The Morgan fingerprint density at radius 1 is 1.12 bits per heavy atom. The molecule has 1 aromatic carbocycles. The van der Waals surface area contributed by atoms with Gasteiger partial charge in [0.2, 0.25) is 11.8 Å². The van der Waals surface area contributed by atoms with Crippen LogP contribution in [-0.2, 0) is 29.0 Å². The molecule has 33 heavy (non-hydrogen) atoms. The summed E-state index contributed by atoms with van der Waals surface area (Å²) in [6, 6.07) is 7.79. The number of rotatable bonds is 7. The molecule has 0 aliphatic carbocycles. The lowest BCUT2D eigenvalue weighted by molar-refractivity contribution is -0.136. The highest BCUT2D eigenvalue weighted by Gasteiger charge is 2.33. The maximum Gasteiger partial charge on any atom is 0.240 e. The number of aromatic nitrogens is 1. The molecule has 2 heterocycles. The van der Waals surface area contributed by atoms with Gasteiger partial charge < -0.3 is 16.4 Å². The van der Waals surface area contributed by atoms with E-state index in [4.69, 9.17) is 16.5 Å². The molecule has 182 valence electrons. The van der Waals surface area contributed by atoms with Crippen LogP contribution in [-0.4, -0.2) is 34.3 Å². The zero-order valence-corrected chi connectivity index (χ0v) is 21.5. The number of nitrogens with zero attached hydrogens (tertiary/aromatic N) is 2. The predicted octanol–water partition coefficient (Wildman–Crippen LogP) is 3.89. The number of carbonyl (C=O) groups is 2. The van der Waals surface area contributed by atoms with Crippen molar-refractivity contribution in [2.75, 3.05) is 6.54 Å². The molecular weight excluding hydrogens is 459 g/mol. The molecule has 1 aromatic heterocycles. The molecule has 2 aromatic rings. The van der Waals surface area contributed by atoms with Crippen LogP contribution in [0.2, 0.25) is 0 Å². The fourth-order valence-corrected chi connectivity index (χ4v) is 4.52. The number of carbonyl (C=O) groups excluding carboxylic acids is 2. The standard InChI is InChI=1S/C25H34N4O2.2ClH/c1-15(2)12-21-20(14-26)24(18-9-7-16(3)8-10-18)19(17(4)28-21)13-23(30)29-11-5-6-22(29)25(27)31;;/h7-10,15,22H,5-6,11-14,26H2,1-4H3,(H2,27,31);2*1H/t22-;;/m0../s1. The van der Waals surface area contributed by atoms with Gasteiger partial charge in [-0.1, -0.05) is 43.7 Å². The van der Waals surface area contributed by atoms with Crippen molar-refractivity contribution in [3.63, 3.8) is 0 Å². The number of amides is 2. The van der Waals surface area contributed by atoms with Crippen molar-refractivity contribution in [3.05, 3.63) is 52.3 Å². The van der Waals surface area contributed by atoms with E-state index in [2.05, 4.69) is 45.0 Å². The number of hydrogen-bond donors (Lipinski definition) is 2. The lowest BCUT2D eigenvalue weighted by Gasteiger charge is -2.25. The Labute approximate surface area is 209 Å². The summed E-state index contributed by atoms with van der Waals surface area (Å²) in [4.78, 5) is 31.6. The third kappa shape index (κ3) is 6.46. The quantitative estimate of drug-likeness (QED) is 0.609. The number of benzene rings is 1. The summed E-state index contributed by atoms with van der Waals surface area (Å²) in [7, 11) is 0. The van der Waals surface area contributed by atoms with Crippen LogP contribution in [0.1, 0.15) is 54.8 Å². The molecule has 0 saturated carbocycles. The first-order valence-corrected chi connectivity index (χ1v) is 11.1. The maximum absolute atomic E-state index is 13.2. The van der Waals surface area contributed by atoms with E-state index in [1.165, 1.54) is 5.56 Å². The Balaban J connectivity index is 0.00000272. The molecule has 8 heteroatoms. The van der Waals surface area contributed by atoms with Gasteiger partial charge in [-0.25, -0.2) is 0 Å². The number of primary amides is 1. The van der Waals surface area contributed by atoms with E-state index >= 15 is 0 Å².